The van der Waals surface area contributed by atoms with Gasteiger partial charge >= 0.3 is 0 Å². The Morgan fingerprint density at radius 2 is 2.30 bits per heavy atom. The van der Waals surface area contributed by atoms with Crippen LogP contribution in [-0.4, -0.2) is 65.6 Å². The minimum atomic E-state index is -0.157. The highest BCUT2D eigenvalue weighted by molar-refractivity contribution is 5.81. The summed E-state index contributed by atoms with van der Waals surface area (Å²) >= 11 is 0. The number of aromatic nitrogens is 2. The van der Waals surface area contributed by atoms with Gasteiger partial charge in [-0.3, -0.25) is 9.69 Å². The number of nitrogens with one attached hydrogen (secondary N) is 1. The lowest BCUT2D eigenvalue weighted by Crippen LogP contribution is -2.57. The average Bonchev–Trinajstić information content (AvgIpc) is 3.19. The summed E-state index contributed by atoms with van der Waals surface area (Å²) in [4.78, 5) is 20.4. The van der Waals surface area contributed by atoms with Crippen molar-refractivity contribution in [1.29, 1.82) is 0 Å². The van der Waals surface area contributed by atoms with E-state index in [-0.39, 0.29) is 11.9 Å². The van der Waals surface area contributed by atoms with Gasteiger partial charge in [0.15, 0.2) is 5.82 Å². The molecule has 20 heavy (non-hydrogen) atoms. The average molecular weight is 279 g/mol. The normalized spacial score (nSPS) is 23.8. The molecule has 0 bridgehead atoms. The van der Waals surface area contributed by atoms with Gasteiger partial charge in [-0.05, 0) is 12.8 Å². The van der Waals surface area contributed by atoms with Crippen molar-refractivity contribution in [3.05, 3.63) is 11.7 Å². The van der Waals surface area contributed by atoms with Crippen LogP contribution in [0.2, 0.25) is 0 Å². The van der Waals surface area contributed by atoms with Gasteiger partial charge in [0.2, 0.25) is 11.8 Å². The largest absolute Gasteiger partial charge is 0.347 e. The molecule has 0 radical (unpaired) electrons. The topological polar surface area (TPSA) is 74.5 Å². The molecule has 1 saturated heterocycles. The predicted octanol–water partition coefficient (Wildman–Crippen LogP) is -0.191. The lowest BCUT2D eigenvalue weighted by molar-refractivity contribution is -0.135. The maximum atomic E-state index is 12.2. The molecule has 1 atom stereocenters. The summed E-state index contributed by atoms with van der Waals surface area (Å²) in [5, 5.41) is 7.29. The molecule has 2 heterocycles. The Bertz CT molecular complexity index is 483. The maximum absolute atomic E-state index is 12.2. The maximum Gasteiger partial charge on any atom is 0.240 e. The van der Waals surface area contributed by atoms with E-state index >= 15 is 0 Å². The first-order valence-electron chi connectivity index (χ1n) is 7.13. The van der Waals surface area contributed by atoms with E-state index in [1.165, 1.54) is 0 Å². The van der Waals surface area contributed by atoms with E-state index in [1.54, 1.807) is 19.0 Å². The molecule has 3 rings (SSSR count). The minimum absolute atomic E-state index is 0.110. The van der Waals surface area contributed by atoms with Crippen molar-refractivity contribution in [2.45, 2.75) is 31.3 Å². The first-order valence-corrected chi connectivity index (χ1v) is 7.13. The van der Waals surface area contributed by atoms with E-state index in [0.29, 0.717) is 24.9 Å². The van der Waals surface area contributed by atoms with Crippen LogP contribution >= 0.6 is 0 Å². The Morgan fingerprint density at radius 1 is 1.50 bits per heavy atom. The monoisotopic (exact) mass is 279 g/mol. The molecule has 7 heteroatoms. The zero-order valence-electron chi connectivity index (χ0n) is 12.0. The molecule has 1 aliphatic heterocycles. The molecule has 1 aromatic rings. The lowest BCUT2D eigenvalue weighted by Gasteiger charge is -2.35. The Labute approximate surface area is 118 Å². The van der Waals surface area contributed by atoms with Gasteiger partial charge in [-0.2, -0.15) is 4.98 Å². The molecule has 1 amide bonds. The lowest BCUT2D eigenvalue weighted by atomic mass is 10.1. The van der Waals surface area contributed by atoms with E-state index in [9.17, 15) is 4.79 Å². The number of nitrogens with zero attached hydrogens (tertiary/aromatic N) is 4. The number of rotatable bonds is 4. The zero-order valence-corrected chi connectivity index (χ0v) is 12.0. The molecule has 1 saturated carbocycles. The second-order valence-electron chi connectivity index (χ2n) is 5.74. The molecule has 0 aromatic carbocycles. The van der Waals surface area contributed by atoms with E-state index < -0.39 is 0 Å². The van der Waals surface area contributed by atoms with Crippen molar-refractivity contribution in [3.63, 3.8) is 0 Å². The minimum Gasteiger partial charge on any atom is -0.347 e. The first-order chi connectivity index (χ1) is 9.65. The van der Waals surface area contributed by atoms with E-state index in [2.05, 4.69) is 20.4 Å². The van der Waals surface area contributed by atoms with Crippen molar-refractivity contribution < 1.29 is 9.32 Å². The van der Waals surface area contributed by atoms with E-state index in [1.807, 2.05) is 0 Å². The number of likely N-dealkylation sites (N-methyl/N-ethyl adjacent to an activating group) is 1. The van der Waals surface area contributed by atoms with Gasteiger partial charge < -0.3 is 14.7 Å². The zero-order chi connectivity index (χ0) is 14.1. The Hall–Kier alpha value is -1.47. The molecule has 1 aromatic heterocycles. The SMILES string of the molecule is CN(C)C(=O)C1CNCCN1Cc1nc(C2CC2)no1. The van der Waals surface area contributed by atoms with Gasteiger partial charge in [-0.1, -0.05) is 5.16 Å². The predicted molar refractivity (Wildman–Crippen MR) is 72.0 cm³/mol. The third-order valence-electron chi connectivity index (χ3n) is 3.84. The van der Waals surface area contributed by atoms with Gasteiger partial charge in [0.05, 0.1) is 6.54 Å². The summed E-state index contributed by atoms with van der Waals surface area (Å²) in [6, 6.07) is -0.157. The van der Waals surface area contributed by atoms with Crippen molar-refractivity contribution in [1.82, 2.24) is 25.3 Å². The molecule has 110 valence electrons. The molecule has 1 unspecified atom stereocenters. The van der Waals surface area contributed by atoms with Gasteiger partial charge in [0, 0.05) is 39.6 Å². The Balaban J connectivity index is 1.67. The van der Waals surface area contributed by atoms with Crippen LogP contribution in [0.4, 0.5) is 0 Å². The molecular formula is C13H21N5O2. The summed E-state index contributed by atoms with van der Waals surface area (Å²) in [5.41, 5.74) is 0. The smallest absolute Gasteiger partial charge is 0.240 e. The van der Waals surface area contributed by atoms with Crippen LogP contribution in [0.3, 0.4) is 0 Å². The molecule has 1 N–H and O–H groups in total. The fourth-order valence-electron chi connectivity index (χ4n) is 2.49. The second kappa shape index (κ2) is 5.49. The Morgan fingerprint density at radius 3 is 3.00 bits per heavy atom. The van der Waals surface area contributed by atoms with Gasteiger partial charge in [-0.15, -0.1) is 0 Å². The number of hydrogen-bond donors (Lipinski definition) is 1. The van der Waals surface area contributed by atoms with Gasteiger partial charge in [0.1, 0.15) is 6.04 Å². The summed E-state index contributed by atoms with van der Waals surface area (Å²) in [7, 11) is 3.57. The third kappa shape index (κ3) is 2.83. The summed E-state index contributed by atoms with van der Waals surface area (Å²) in [5.74, 6) is 2.05. The van der Waals surface area contributed by atoms with E-state index in [0.717, 1.165) is 31.8 Å². The van der Waals surface area contributed by atoms with Crippen LogP contribution < -0.4 is 5.32 Å². The second-order valence-corrected chi connectivity index (χ2v) is 5.74. The highest BCUT2D eigenvalue weighted by atomic mass is 16.5. The third-order valence-corrected chi connectivity index (χ3v) is 3.84. The fraction of sp³-hybridized carbons (Fsp3) is 0.769. The van der Waals surface area contributed by atoms with Crippen LogP contribution in [-0.2, 0) is 11.3 Å². The quantitative estimate of drug-likeness (QED) is 0.823. The van der Waals surface area contributed by atoms with Crippen LogP contribution in [0.1, 0.15) is 30.5 Å². The van der Waals surface area contributed by atoms with Crippen molar-refractivity contribution in [3.8, 4) is 0 Å². The fourth-order valence-corrected chi connectivity index (χ4v) is 2.49. The molecular weight excluding hydrogens is 258 g/mol. The van der Waals surface area contributed by atoms with Crippen LogP contribution in [0.25, 0.3) is 0 Å². The molecule has 2 aliphatic rings. The first kappa shape index (κ1) is 13.5. The number of piperazine rings is 1. The highest BCUT2D eigenvalue weighted by Gasteiger charge is 2.32. The van der Waals surface area contributed by atoms with Gasteiger partial charge in [-0.25, -0.2) is 0 Å². The molecule has 0 spiro atoms. The summed E-state index contributed by atoms with van der Waals surface area (Å²) in [6.45, 7) is 2.90. The van der Waals surface area contributed by atoms with Crippen molar-refractivity contribution in [2.75, 3.05) is 33.7 Å². The highest BCUT2D eigenvalue weighted by Crippen LogP contribution is 2.38. The van der Waals surface area contributed by atoms with E-state index in [4.69, 9.17) is 4.52 Å². The molecule has 2 fully saturated rings. The summed E-state index contributed by atoms with van der Waals surface area (Å²) in [6.07, 6.45) is 2.32. The number of hydrogen-bond acceptors (Lipinski definition) is 6. The molecule has 7 nitrogen and oxygen atoms in total. The van der Waals surface area contributed by atoms with Crippen LogP contribution in [0.15, 0.2) is 4.52 Å². The molecule has 1 aliphatic carbocycles. The Kier molecular flexibility index (Phi) is 3.71. The van der Waals surface area contributed by atoms with Crippen molar-refractivity contribution in [2.24, 2.45) is 0 Å². The number of carbonyl (C=O) groups is 1. The number of amides is 1. The standard InChI is InChI=1S/C13H21N5O2/c1-17(2)13(19)10-7-14-5-6-18(10)8-11-15-12(16-20-11)9-3-4-9/h9-10,14H,3-8H2,1-2H3. The van der Waals surface area contributed by atoms with Crippen molar-refractivity contribution >= 4 is 5.91 Å². The van der Waals surface area contributed by atoms with Gasteiger partial charge in [0.25, 0.3) is 0 Å². The summed E-state index contributed by atoms with van der Waals surface area (Å²) < 4.78 is 5.31. The van der Waals surface area contributed by atoms with Crippen LogP contribution in [0, 0.1) is 0 Å². The number of carbonyl (C=O) groups excluding carboxylic acids is 1. The van der Waals surface area contributed by atoms with Crippen LogP contribution in [0.5, 0.6) is 0 Å².